The first-order valence-corrected chi connectivity index (χ1v) is 5.29. The first-order chi connectivity index (χ1) is 7.00. The Labute approximate surface area is 90.7 Å². The monoisotopic (exact) mass is 212 g/mol. The number of hydrogen-bond donors (Lipinski definition) is 2. The Morgan fingerprint density at radius 1 is 1.47 bits per heavy atom. The average Bonchev–Trinajstić information content (AvgIpc) is 2.55. The molecular weight excluding hydrogens is 192 g/mol. The van der Waals surface area contributed by atoms with Gasteiger partial charge < -0.3 is 14.8 Å². The summed E-state index contributed by atoms with van der Waals surface area (Å²) in [7, 11) is 0. The molecule has 0 aliphatic rings. The third-order valence-electron chi connectivity index (χ3n) is 2.87. The van der Waals surface area contributed by atoms with Gasteiger partial charge in [-0.15, -0.1) is 0 Å². The Hall–Kier alpha value is -0.870. The number of oxazole rings is 1. The Morgan fingerprint density at radius 2 is 2.13 bits per heavy atom. The van der Waals surface area contributed by atoms with Crippen LogP contribution in [0, 0.1) is 13.8 Å². The van der Waals surface area contributed by atoms with Crippen LogP contribution in [0.2, 0.25) is 0 Å². The largest absolute Gasteiger partial charge is 0.444 e. The molecule has 0 bridgehead atoms. The van der Waals surface area contributed by atoms with E-state index in [9.17, 15) is 5.11 Å². The zero-order valence-corrected chi connectivity index (χ0v) is 9.92. The smallest absolute Gasteiger partial charge is 0.208 e. The van der Waals surface area contributed by atoms with Crippen LogP contribution in [-0.2, 0) is 6.54 Å². The van der Waals surface area contributed by atoms with E-state index >= 15 is 0 Å². The summed E-state index contributed by atoms with van der Waals surface area (Å²) in [5.41, 5.74) is 0.671. The van der Waals surface area contributed by atoms with Gasteiger partial charge in [0.1, 0.15) is 5.76 Å². The van der Waals surface area contributed by atoms with E-state index in [4.69, 9.17) is 4.42 Å². The first-order valence-electron chi connectivity index (χ1n) is 5.29. The van der Waals surface area contributed by atoms with E-state index in [-0.39, 0.29) is 12.1 Å². The van der Waals surface area contributed by atoms with Crippen LogP contribution in [0.3, 0.4) is 0 Å². The molecule has 0 spiro atoms. The zero-order valence-electron chi connectivity index (χ0n) is 9.92. The summed E-state index contributed by atoms with van der Waals surface area (Å²) in [6.07, 6.45) is 0.863. The van der Waals surface area contributed by atoms with Crippen molar-refractivity contribution in [3.8, 4) is 0 Å². The molecular formula is C11H20N2O2. The fraction of sp³-hybridized carbons (Fsp3) is 0.727. The van der Waals surface area contributed by atoms with Gasteiger partial charge in [0.15, 0.2) is 0 Å². The first kappa shape index (κ1) is 12.2. The number of aliphatic hydroxyl groups excluding tert-OH is 1. The van der Waals surface area contributed by atoms with Crippen LogP contribution in [0.1, 0.15) is 37.6 Å². The maximum atomic E-state index is 9.21. The lowest BCUT2D eigenvalue weighted by atomic mass is 10.0. The van der Waals surface area contributed by atoms with Crippen LogP contribution >= 0.6 is 0 Å². The van der Waals surface area contributed by atoms with Gasteiger partial charge in [-0.25, -0.2) is 4.98 Å². The second kappa shape index (κ2) is 4.77. The molecule has 1 aromatic rings. The number of nitrogens with one attached hydrogen (secondary N) is 1. The van der Waals surface area contributed by atoms with Crippen molar-refractivity contribution >= 4 is 0 Å². The SMILES string of the molecule is CCC(C)(CO)NCc1nc(C)c(C)o1. The van der Waals surface area contributed by atoms with Crippen molar-refractivity contribution in [2.45, 2.75) is 46.2 Å². The van der Waals surface area contributed by atoms with Crippen molar-refractivity contribution in [3.05, 3.63) is 17.3 Å². The Morgan fingerprint density at radius 3 is 2.53 bits per heavy atom. The van der Waals surface area contributed by atoms with E-state index in [2.05, 4.69) is 10.3 Å². The third-order valence-corrected chi connectivity index (χ3v) is 2.87. The fourth-order valence-electron chi connectivity index (χ4n) is 1.20. The summed E-state index contributed by atoms with van der Waals surface area (Å²) in [4.78, 5) is 4.27. The quantitative estimate of drug-likeness (QED) is 0.777. The van der Waals surface area contributed by atoms with Gasteiger partial charge in [0.25, 0.3) is 0 Å². The lowest BCUT2D eigenvalue weighted by molar-refractivity contribution is 0.165. The van der Waals surface area contributed by atoms with Crippen LogP contribution in [0.15, 0.2) is 4.42 Å². The van der Waals surface area contributed by atoms with Crippen LogP contribution < -0.4 is 5.32 Å². The van der Waals surface area contributed by atoms with E-state index in [1.807, 2.05) is 27.7 Å². The van der Waals surface area contributed by atoms with Crippen molar-refractivity contribution in [2.75, 3.05) is 6.61 Å². The van der Waals surface area contributed by atoms with Crippen molar-refractivity contribution in [1.29, 1.82) is 0 Å². The standard InChI is InChI=1S/C11H20N2O2/c1-5-11(4,7-14)12-6-10-13-8(2)9(3)15-10/h12,14H,5-7H2,1-4H3. The van der Waals surface area contributed by atoms with Gasteiger partial charge in [-0.3, -0.25) is 0 Å². The van der Waals surface area contributed by atoms with Crippen molar-refractivity contribution in [3.63, 3.8) is 0 Å². The Kier molecular flexibility index (Phi) is 3.88. The molecule has 1 atom stereocenters. The molecule has 86 valence electrons. The van der Waals surface area contributed by atoms with Gasteiger partial charge in [0, 0.05) is 5.54 Å². The van der Waals surface area contributed by atoms with E-state index < -0.39 is 0 Å². The highest BCUT2D eigenvalue weighted by Gasteiger charge is 2.20. The number of aromatic nitrogens is 1. The maximum absolute atomic E-state index is 9.21. The second-order valence-electron chi connectivity index (χ2n) is 4.18. The minimum Gasteiger partial charge on any atom is -0.444 e. The summed E-state index contributed by atoms with van der Waals surface area (Å²) in [6, 6.07) is 0. The molecule has 0 aliphatic heterocycles. The van der Waals surface area contributed by atoms with Gasteiger partial charge >= 0.3 is 0 Å². The van der Waals surface area contributed by atoms with E-state index in [0.29, 0.717) is 12.4 Å². The number of hydrogen-bond acceptors (Lipinski definition) is 4. The predicted molar refractivity (Wildman–Crippen MR) is 58.6 cm³/mol. The molecule has 0 aromatic carbocycles. The molecule has 15 heavy (non-hydrogen) atoms. The van der Waals surface area contributed by atoms with Crippen LogP contribution in [0.25, 0.3) is 0 Å². The summed E-state index contributed by atoms with van der Waals surface area (Å²) >= 11 is 0. The van der Waals surface area contributed by atoms with Gasteiger partial charge in [-0.1, -0.05) is 6.92 Å². The summed E-state index contributed by atoms with van der Waals surface area (Å²) in [5.74, 6) is 1.53. The highest BCUT2D eigenvalue weighted by atomic mass is 16.4. The molecule has 0 aliphatic carbocycles. The molecule has 0 radical (unpaired) electrons. The number of nitrogens with zero attached hydrogens (tertiary/aromatic N) is 1. The van der Waals surface area contributed by atoms with Gasteiger partial charge in [-0.05, 0) is 27.2 Å². The summed E-state index contributed by atoms with van der Waals surface area (Å²) in [6.45, 7) is 8.51. The second-order valence-corrected chi connectivity index (χ2v) is 4.18. The van der Waals surface area contributed by atoms with Crippen LogP contribution in [-0.4, -0.2) is 22.2 Å². The van der Waals surface area contributed by atoms with Gasteiger partial charge in [0.05, 0.1) is 18.8 Å². The highest BCUT2D eigenvalue weighted by Crippen LogP contribution is 2.11. The fourth-order valence-corrected chi connectivity index (χ4v) is 1.20. The summed E-state index contributed by atoms with van der Waals surface area (Å²) < 4.78 is 5.44. The third kappa shape index (κ3) is 3.04. The molecule has 2 N–H and O–H groups in total. The topological polar surface area (TPSA) is 58.3 Å². The lowest BCUT2D eigenvalue weighted by Gasteiger charge is -2.26. The minimum atomic E-state index is -0.254. The molecule has 0 saturated heterocycles. The molecule has 4 heteroatoms. The summed E-state index contributed by atoms with van der Waals surface area (Å²) in [5, 5.41) is 12.5. The van der Waals surface area contributed by atoms with Crippen LogP contribution in [0.4, 0.5) is 0 Å². The molecule has 0 fully saturated rings. The minimum absolute atomic E-state index is 0.113. The van der Waals surface area contributed by atoms with Crippen molar-refractivity contribution in [2.24, 2.45) is 0 Å². The average molecular weight is 212 g/mol. The zero-order chi connectivity index (χ0) is 11.5. The van der Waals surface area contributed by atoms with Crippen molar-refractivity contribution in [1.82, 2.24) is 10.3 Å². The molecule has 4 nitrogen and oxygen atoms in total. The predicted octanol–water partition coefficient (Wildman–Crippen LogP) is 1.54. The van der Waals surface area contributed by atoms with E-state index in [0.717, 1.165) is 17.9 Å². The number of aliphatic hydroxyl groups is 1. The lowest BCUT2D eigenvalue weighted by Crippen LogP contribution is -2.44. The molecule has 1 unspecified atom stereocenters. The van der Waals surface area contributed by atoms with E-state index in [1.165, 1.54) is 0 Å². The van der Waals surface area contributed by atoms with Crippen molar-refractivity contribution < 1.29 is 9.52 Å². The molecule has 1 rings (SSSR count). The van der Waals surface area contributed by atoms with Gasteiger partial charge in [0.2, 0.25) is 5.89 Å². The molecule has 0 saturated carbocycles. The van der Waals surface area contributed by atoms with Gasteiger partial charge in [-0.2, -0.15) is 0 Å². The molecule has 0 amide bonds. The van der Waals surface area contributed by atoms with Crippen LogP contribution in [0.5, 0.6) is 0 Å². The number of aryl methyl sites for hydroxylation is 2. The maximum Gasteiger partial charge on any atom is 0.208 e. The molecule has 1 aromatic heterocycles. The Bertz CT molecular complexity index is 297. The Balaban J connectivity index is 2.56. The number of rotatable bonds is 5. The molecule has 1 heterocycles. The normalized spacial score (nSPS) is 15.3. The van der Waals surface area contributed by atoms with E-state index in [1.54, 1.807) is 0 Å². The highest BCUT2D eigenvalue weighted by molar-refractivity contribution is 5.05.